The van der Waals surface area contributed by atoms with Crippen molar-refractivity contribution >= 4 is 5.91 Å². The molecule has 0 saturated heterocycles. The van der Waals surface area contributed by atoms with E-state index >= 15 is 0 Å². The Kier molecular flexibility index (Phi) is 4.43. The highest BCUT2D eigenvalue weighted by atomic mass is 16.1. The molecule has 1 aliphatic carbocycles. The molecule has 0 aromatic heterocycles. The van der Waals surface area contributed by atoms with Crippen molar-refractivity contribution in [2.24, 2.45) is 17.8 Å². The molecule has 0 bridgehead atoms. The average Bonchev–Trinajstić information content (AvgIpc) is 2.18. The third-order valence-electron chi connectivity index (χ3n) is 3.44. The normalized spacial score (nSPS) is 27.7. The van der Waals surface area contributed by atoms with Crippen molar-refractivity contribution in [2.45, 2.75) is 46.5 Å². The fourth-order valence-electron chi connectivity index (χ4n) is 2.37. The lowest BCUT2D eigenvalue weighted by molar-refractivity contribution is -0.126. The van der Waals surface area contributed by atoms with E-state index in [0.717, 1.165) is 31.2 Å². The summed E-state index contributed by atoms with van der Waals surface area (Å²) in [5, 5.41) is 2.92. The Morgan fingerprint density at radius 3 is 2.29 bits per heavy atom. The second-order valence-electron chi connectivity index (χ2n) is 4.75. The Morgan fingerprint density at radius 1 is 1.29 bits per heavy atom. The van der Waals surface area contributed by atoms with E-state index in [1.165, 1.54) is 12.8 Å². The molecule has 2 nitrogen and oxygen atoms in total. The highest BCUT2D eigenvalue weighted by Gasteiger charge is 2.26. The van der Waals surface area contributed by atoms with Gasteiger partial charge in [-0.15, -0.1) is 0 Å². The van der Waals surface area contributed by atoms with Crippen LogP contribution < -0.4 is 5.32 Å². The molecule has 1 rings (SSSR count). The molecule has 1 saturated carbocycles. The Morgan fingerprint density at radius 2 is 1.86 bits per heavy atom. The zero-order valence-corrected chi connectivity index (χ0v) is 9.68. The average molecular weight is 197 g/mol. The Labute approximate surface area is 87.5 Å². The predicted octanol–water partition coefficient (Wildman–Crippen LogP) is 2.58. The van der Waals surface area contributed by atoms with Gasteiger partial charge in [-0.25, -0.2) is 0 Å². The molecule has 0 atom stereocenters. The van der Waals surface area contributed by atoms with E-state index in [1.54, 1.807) is 0 Å². The van der Waals surface area contributed by atoms with E-state index in [-0.39, 0.29) is 5.91 Å². The van der Waals surface area contributed by atoms with E-state index in [2.05, 4.69) is 19.2 Å². The minimum absolute atomic E-state index is 0.273. The van der Waals surface area contributed by atoms with Crippen molar-refractivity contribution < 1.29 is 4.79 Å². The van der Waals surface area contributed by atoms with Gasteiger partial charge in [-0.3, -0.25) is 4.79 Å². The minimum atomic E-state index is 0.273. The molecule has 0 heterocycles. The molecule has 1 N–H and O–H groups in total. The van der Waals surface area contributed by atoms with Crippen LogP contribution in [0, 0.1) is 17.8 Å². The number of carbonyl (C=O) groups excluding carboxylic acids is 1. The summed E-state index contributed by atoms with van der Waals surface area (Å²) >= 11 is 0. The summed E-state index contributed by atoms with van der Waals surface area (Å²) in [4.78, 5) is 11.6. The third kappa shape index (κ3) is 3.00. The van der Waals surface area contributed by atoms with Crippen LogP contribution in [0.5, 0.6) is 0 Å². The number of hydrogen-bond acceptors (Lipinski definition) is 1. The predicted molar refractivity (Wildman–Crippen MR) is 59.0 cm³/mol. The molecule has 0 aromatic rings. The lowest BCUT2D eigenvalue weighted by Crippen LogP contribution is -2.33. The van der Waals surface area contributed by atoms with Gasteiger partial charge in [0.15, 0.2) is 0 Å². The molecule has 1 aliphatic rings. The van der Waals surface area contributed by atoms with Crippen LogP contribution in [0.2, 0.25) is 0 Å². The lowest BCUT2D eigenvalue weighted by Gasteiger charge is -2.30. The molecule has 1 amide bonds. The molecule has 0 spiro atoms. The van der Waals surface area contributed by atoms with Crippen LogP contribution in [0.15, 0.2) is 0 Å². The SMILES string of the molecule is CCNC(=O)C1CCC(C(C)C)CC1. The largest absolute Gasteiger partial charge is 0.356 e. The van der Waals surface area contributed by atoms with E-state index in [9.17, 15) is 4.79 Å². The number of amides is 1. The van der Waals surface area contributed by atoms with Gasteiger partial charge in [-0.05, 0) is 44.4 Å². The van der Waals surface area contributed by atoms with Crippen LogP contribution in [0.25, 0.3) is 0 Å². The van der Waals surface area contributed by atoms with Crippen molar-refractivity contribution in [1.29, 1.82) is 0 Å². The first-order valence-electron chi connectivity index (χ1n) is 5.92. The second-order valence-corrected chi connectivity index (χ2v) is 4.75. The topological polar surface area (TPSA) is 29.1 Å². The summed E-state index contributed by atoms with van der Waals surface area (Å²) in [6.45, 7) is 7.33. The summed E-state index contributed by atoms with van der Waals surface area (Å²) in [5.41, 5.74) is 0. The lowest BCUT2D eigenvalue weighted by atomic mass is 9.77. The monoisotopic (exact) mass is 197 g/mol. The summed E-state index contributed by atoms with van der Waals surface area (Å²) in [5.74, 6) is 2.20. The second kappa shape index (κ2) is 5.38. The number of nitrogens with one attached hydrogen (secondary N) is 1. The number of hydrogen-bond donors (Lipinski definition) is 1. The van der Waals surface area contributed by atoms with Gasteiger partial charge in [0.1, 0.15) is 0 Å². The van der Waals surface area contributed by atoms with Crippen LogP contribution in [0.4, 0.5) is 0 Å². The fraction of sp³-hybridized carbons (Fsp3) is 0.917. The van der Waals surface area contributed by atoms with Crippen molar-refractivity contribution in [3.8, 4) is 0 Å². The van der Waals surface area contributed by atoms with Crippen molar-refractivity contribution in [3.05, 3.63) is 0 Å². The van der Waals surface area contributed by atoms with Crippen LogP contribution >= 0.6 is 0 Å². The van der Waals surface area contributed by atoms with Crippen LogP contribution in [0.3, 0.4) is 0 Å². The molecule has 0 radical (unpaired) electrons. The maximum absolute atomic E-state index is 11.6. The van der Waals surface area contributed by atoms with E-state index in [4.69, 9.17) is 0 Å². The molecule has 82 valence electrons. The van der Waals surface area contributed by atoms with Gasteiger partial charge in [0, 0.05) is 12.5 Å². The molecular formula is C12H23NO. The highest BCUT2D eigenvalue weighted by Crippen LogP contribution is 2.33. The molecule has 2 heteroatoms. The van der Waals surface area contributed by atoms with Crippen molar-refractivity contribution in [2.75, 3.05) is 6.54 Å². The standard InChI is InChI=1S/C12H23NO/c1-4-13-12(14)11-7-5-10(6-8-11)9(2)3/h9-11H,4-8H2,1-3H3,(H,13,14). The highest BCUT2D eigenvalue weighted by molar-refractivity contribution is 5.78. The van der Waals surface area contributed by atoms with Gasteiger partial charge in [0.05, 0.1) is 0 Å². The summed E-state index contributed by atoms with van der Waals surface area (Å²) in [6.07, 6.45) is 4.66. The zero-order valence-electron chi connectivity index (χ0n) is 9.68. The quantitative estimate of drug-likeness (QED) is 0.740. The third-order valence-corrected chi connectivity index (χ3v) is 3.44. The molecule has 0 aliphatic heterocycles. The summed E-state index contributed by atoms with van der Waals surface area (Å²) < 4.78 is 0. The van der Waals surface area contributed by atoms with E-state index in [0.29, 0.717) is 5.92 Å². The number of carbonyl (C=O) groups is 1. The van der Waals surface area contributed by atoms with Crippen LogP contribution in [-0.4, -0.2) is 12.5 Å². The molecule has 14 heavy (non-hydrogen) atoms. The minimum Gasteiger partial charge on any atom is -0.356 e. The first-order valence-corrected chi connectivity index (χ1v) is 5.92. The smallest absolute Gasteiger partial charge is 0.223 e. The first-order chi connectivity index (χ1) is 6.65. The first kappa shape index (κ1) is 11.5. The van der Waals surface area contributed by atoms with Gasteiger partial charge in [0.2, 0.25) is 5.91 Å². The van der Waals surface area contributed by atoms with Crippen LogP contribution in [0.1, 0.15) is 46.5 Å². The van der Waals surface area contributed by atoms with Gasteiger partial charge in [0.25, 0.3) is 0 Å². The molecule has 0 aromatic carbocycles. The van der Waals surface area contributed by atoms with Crippen LogP contribution in [-0.2, 0) is 4.79 Å². The maximum atomic E-state index is 11.6. The van der Waals surface area contributed by atoms with Gasteiger partial charge in [-0.2, -0.15) is 0 Å². The fourth-order valence-corrected chi connectivity index (χ4v) is 2.37. The summed E-state index contributed by atoms with van der Waals surface area (Å²) in [7, 11) is 0. The summed E-state index contributed by atoms with van der Waals surface area (Å²) in [6, 6.07) is 0. The van der Waals surface area contributed by atoms with Gasteiger partial charge >= 0.3 is 0 Å². The Bertz CT molecular complexity index is 181. The Balaban J connectivity index is 2.31. The van der Waals surface area contributed by atoms with Crippen molar-refractivity contribution in [3.63, 3.8) is 0 Å². The zero-order chi connectivity index (χ0) is 10.6. The van der Waals surface area contributed by atoms with Crippen molar-refractivity contribution in [1.82, 2.24) is 5.32 Å². The molecular weight excluding hydrogens is 174 g/mol. The molecule has 1 fully saturated rings. The molecule has 0 unspecified atom stereocenters. The van der Waals surface area contributed by atoms with E-state index in [1.807, 2.05) is 6.92 Å². The number of rotatable bonds is 3. The maximum Gasteiger partial charge on any atom is 0.223 e. The van der Waals surface area contributed by atoms with Gasteiger partial charge < -0.3 is 5.32 Å². The van der Waals surface area contributed by atoms with E-state index < -0.39 is 0 Å². The van der Waals surface area contributed by atoms with Gasteiger partial charge in [-0.1, -0.05) is 13.8 Å². The Hall–Kier alpha value is -0.530.